The zero-order valence-electron chi connectivity index (χ0n) is 20.6. The van der Waals surface area contributed by atoms with Crippen molar-refractivity contribution in [1.29, 1.82) is 0 Å². The van der Waals surface area contributed by atoms with E-state index in [1.54, 1.807) is 18.4 Å². The van der Waals surface area contributed by atoms with Gasteiger partial charge in [0.1, 0.15) is 16.3 Å². The smallest absolute Gasteiger partial charge is 0.341 e. The van der Waals surface area contributed by atoms with Crippen LogP contribution in [0.3, 0.4) is 0 Å². The summed E-state index contributed by atoms with van der Waals surface area (Å²) in [5, 5.41) is 16.6. The number of thioether (sulfide) groups is 1. The van der Waals surface area contributed by atoms with Gasteiger partial charge in [-0.15, -0.1) is 32.9 Å². The predicted octanol–water partition coefficient (Wildman–Crippen LogP) is 5.90. The number of amides is 1. The van der Waals surface area contributed by atoms with E-state index in [0.717, 1.165) is 17.0 Å². The third-order valence-electron chi connectivity index (χ3n) is 5.73. The fraction of sp³-hybridized carbons (Fsp3) is 0.280. The van der Waals surface area contributed by atoms with Gasteiger partial charge in [-0.3, -0.25) is 4.79 Å². The molecule has 0 aliphatic rings. The first-order chi connectivity index (χ1) is 17.4. The Bertz CT molecular complexity index is 1390. The van der Waals surface area contributed by atoms with Crippen LogP contribution in [-0.2, 0) is 16.1 Å². The molecule has 188 valence electrons. The SMILES string of the molecule is CCn1c(SCC(=O)Nc2scc(-c3ccc(OC)cc3)c2C(=O)OC)nnc1-c1csc(C)c1C. The second-order valence-corrected chi connectivity index (χ2v) is 10.7. The Kier molecular flexibility index (Phi) is 8.12. The summed E-state index contributed by atoms with van der Waals surface area (Å²) in [5.74, 6) is 0.880. The highest BCUT2D eigenvalue weighted by molar-refractivity contribution is 7.99. The van der Waals surface area contributed by atoms with E-state index in [9.17, 15) is 9.59 Å². The standard InChI is InChI=1S/C25H26N4O4S3/c1-6-29-22(18-11-34-15(3)14(18)2)27-28-25(29)36-13-20(30)26-23-21(24(31)33-5)19(12-35-23)16-7-9-17(32-4)10-8-16/h7-12H,6,13H2,1-5H3,(H,26,30). The molecule has 4 rings (SSSR count). The molecule has 0 aliphatic heterocycles. The number of aryl methyl sites for hydroxylation is 1. The van der Waals surface area contributed by atoms with Crippen LogP contribution in [-0.4, -0.2) is 46.6 Å². The number of hydrogen-bond donors (Lipinski definition) is 1. The fourth-order valence-corrected chi connectivity index (χ4v) is 6.28. The molecule has 1 aromatic carbocycles. The molecule has 0 bridgehead atoms. The molecule has 3 heterocycles. The van der Waals surface area contributed by atoms with Crippen molar-refractivity contribution in [2.45, 2.75) is 32.5 Å². The molecular formula is C25H26N4O4S3. The molecule has 0 fully saturated rings. The second-order valence-electron chi connectivity index (χ2n) is 7.79. The summed E-state index contributed by atoms with van der Waals surface area (Å²) in [6, 6.07) is 7.36. The third kappa shape index (κ3) is 5.18. The summed E-state index contributed by atoms with van der Waals surface area (Å²) in [5.41, 5.74) is 4.10. The van der Waals surface area contributed by atoms with Gasteiger partial charge in [0.05, 0.1) is 20.0 Å². The number of benzene rings is 1. The van der Waals surface area contributed by atoms with Gasteiger partial charge in [0.25, 0.3) is 0 Å². The average Bonchev–Trinajstić information content (AvgIpc) is 3.59. The Labute approximate surface area is 221 Å². The minimum Gasteiger partial charge on any atom is -0.497 e. The van der Waals surface area contributed by atoms with Gasteiger partial charge < -0.3 is 19.4 Å². The zero-order valence-corrected chi connectivity index (χ0v) is 23.0. The summed E-state index contributed by atoms with van der Waals surface area (Å²) >= 11 is 4.28. The van der Waals surface area contributed by atoms with Crippen LogP contribution in [0.5, 0.6) is 5.75 Å². The zero-order chi connectivity index (χ0) is 25.8. The summed E-state index contributed by atoms with van der Waals surface area (Å²) < 4.78 is 12.2. The van der Waals surface area contributed by atoms with Crippen molar-refractivity contribution < 1.29 is 19.1 Å². The summed E-state index contributed by atoms with van der Waals surface area (Å²) in [6.07, 6.45) is 0. The maximum Gasteiger partial charge on any atom is 0.341 e. The maximum atomic E-state index is 12.9. The molecule has 0 saturated heterocycles. The van der Waals surface area contributed by atoms with Crippen molar-refractivity contribution in [3.8, 4) is 28.3 Å². The molecular weight excluding hydrogens is 517 g/mol. The molecule has 0 unspecified atom stereocenters. The van der Waals surface area contributed by atoms with Crippen LogP contribution in [0.15, 0.2) is 40.2 Å². The van der Waals surface area contributed by atoms with Crippen LogP contribution in [0.25, 0.3) is 22.5 Å². The average molecular weight is 543 g/mol. The summed E-state index contributed by atoms with van der Waals surface area (Å²) in [6.45, 7) is 6.88. The second kappa shape index (κ2) is 11.3. The number of nitrogens with one attached hydrogen (secondary N) is 1. The number of anilines is 1. The lowest BCUT2D eigenvalue weighted by molar-refractivity contribution is -0.113. The maximum absolute atomic E-state index is 12.9. The molecule has 1 N–H and O–H groups in total. The number of esters is 1. The fourth-order valence-electron chi connectivity index (χ4n) is 3.64. The molecule has 8 nitrogen and oxygen atoms in total. The van der Waals surface area contributed by atoms with Crippen molar-refractivity contribution in [2.75, 3.05) is 25.3 Å². The Morgan fingerprint density at radius 1 is 1.06 bits per heavy atom. The van der Waals surface area contributed by atoms with Gasteiger partial charge in [-0.25, -0.2) is 4.79 Å². The highest BCUT2D eigenvalue weighted by atomic mass is 32.2. The molecule has 1 amide bonds. The van der Waals surface area contributed by atoms with Crippen LogP contribution < -0.4 is 10.1 Å². The number of carbonyl (C=O) groups excluding carboxylic acids is 2. The van der Waals surface area contributed by atoms with E-state index < -0.39 is 5.97 Å². The predicted molar refractivity (Wildman–Crippen MR) is 145 cm³/mol. The highest BCUT2D eigenvalue weighted by Gasteiger charge is 2.23. The lowest BCUT2D eigenvalue weighted by Crippen LogP contribution is -2.16. The van der Waals surface area contributed by atoms with E-state index in [0.29, 0.717) is 33.6 Å². The van der Waals surface area contributed by atoms with Crippen LogP contribution in [0.2, 0.25) is 0 Å². The molecule has 0 spiro atoms. The van der Waals surface area contributed by atoms with Gasteiger partial charge in [-0.2, -0.15) is 0 Å². The third-order valence-corrected chi connectivity index (χ3v) is 8.60. The van der Waals surface area contributed by atoms with Crippen LogP contribution in [0.1, 0.15) is 27.7 Å². The van der Waals surface area contributed by atoms with Crippen molar-refractivity contribution in [3.05, 3.63) is 51.0 Å². The molecule has 0 aliphatic carbocycles. The van der Waals surface area contributed by atoms with Crippen molar-refractivity contribution >= 4 is 51.3 Å². The Hall–Kier alpha value is -3.15. The van der Waals surface area contributed by atoms with Gasteiger partial charge in [0.2, 0.25) is 5.91 Å². The monoisotopic (exact) mass is 542 g/mol. The quantitative estimate of drug-likeness (QED) is 0.208. The van der Waals surface area contributed by atoms with Gasteiger partial charge in [-0.05, 0) is 44.0 Å². The van der Waals surface area contributed by atoms with E-state index >= 15 is 0 Å². The number of carbonyl (C=O) groups is 2. The lowest BCUT2D eigenvalue weighted by Gasteiger charge is -2.09. The first-order valence-corrected chi connectivity index (χ1v) is 13.9. The lowest BCUT2D eigenvalue weighted by atomic mass is 10.0. The Morgan fingerprint density at radius 2 is 1.78 bits per heavy atom. The number of ether oxygens (including phenoxy) is 2. The van der Waals surface area contributed by atoms with Crippen LogP contribution >= 0.6 is 34.4 Å². The Morgan fingerprint density at radius 3 is 2.39 bits per heavy atom. The summed E-state index contributed by atoms with van der Waals surface area (Å²) in [7, 11) is 2.92. The highest BCUT2D eigenvalue weighted by Crippen LogP contribution is 2.37. The van der Waals surface area contributed by atoms with E-state index in [4.69, 9.17) is 9.47 Å². The first kappa shape index (κ1) is 25.9. The Balaban J connectivity index is 1.51. The first-order valence-electron chi connectivity index (χ1n) is 11.1. The van der Waals surface area contributed by atoms with E-state index in [-0.39, 0.29) is 11.7 Å². The molecule has 4 aromatic rings. The van der Waals surface area contributed by atoms with Crippen LogP contribution in [0, 0.1) is 13.8 Å². The van der Waals surface area contributed by atoms with E-state index in [1.807, 2.05) is 41.1 Å². The number of aromatic nitrogens is 3. The number of rotatable bonds is 9. The molecule has 0 saturated carbocycles. The van der Waals surface area contributed by atoms with Gasteiger partial charge in [0.15, 0.2) is 11.0 Å². The van der Waals surface area contributed by atoms with E-state index in [2.05, 4.69) is 34.7 Å². The van der Waals surface area contributed by atoms with E-state index in [1.165, 1.54) is 40.6 Å². The molecule has 36 heavy (non-hydrogen) atoms. The number of methoxy groups -OCH3 is 2. The largest absolute Gasteiger partial charge is 0.497 e. The van der Waals surface area contributed by atoms with Gasteiger partial charge in [0, 0.05) is 33.3 Å². The number of hydrogen-bond acceptors (Lipinski definition) is 9. The minimum absolute atomic E-state index is 0.121. The molecule has 3 aromatic heterocycles. The molecule has 0 atom stereocenters. The number of thiophene rings is 2. The van der Waals surface area contributed by atoms with Gasteiger partial charge in [-0.1, -0.05) is 23.9 Å². The molecule has 0 radical (unpaired) electrons. The topological polar surface area (TPSA) is 95.3 Å². The van der Waals surface area contributed by atoms with Gasteiger partial charge >= 0.3 is 5.97 Å². The number of nitrogens with zero attached hydrogens (tertiary/aromatic N) is 3. The normalized spacial score (nSPS) is 10.9. The van der Waals surface area contributed by atoms with Crippen molar-refractivity contribution in [1.82, 2.24) is 14.8 Å². The van der Waals surface area contributed by atoms with Crippen LogP contribution in [0.4, 0.5) is 5.00 Å². The van der Waals surface area contributed by atoms with Crippen molar-refractivity contribution in [3.63, 3.8) is 0 Å². The minimum atomic E-state index is -0.512. The summed E-state index contributed by atoms with van der Waals surface area (Å²) in [4.78, 5) is 26.7. The van der Waals surface area contributed by atoms with Crippen molar-refractivity contribution in [2.24, 2.45) is 0 Å². The molecule has 11 heteroatoms.